The van der Waals surface area contributed by atoms with E-state index in [1.807, 2.05) is 13.2 Å². The van der Waals surface area contributed by atoms with Crippen molar-refractivity contribution in [1.82, 2.24) is 10.0 Å². The minimum absolute atomic E-state index is 0.0755. The molecule has 0 heterocycles. The van der Waals surface area contributed by atoms with Crippen molar-refractivity contribution >= 4 is 33.4 Å². The van der Waals surface area contributed by atoms with Crippen molar-refractivity contribution in [3.63, 3.8) is 0 Å². The fraction of sp³-hybridized carbons (Fsp3) is 0.538. The summed E-state index contributed by atoms with van der Waals surface area (Å²) in [5.74, 6) is 1.03. The van der Waals surface area contributed by atoms with Gasteiger partial charge in [0.25, 0.3) is 0 Å². The molecule has 0 unspecified atom stereocenters. The molecule has 21 heavy (non-hydrogen) atoms. The average molecular weight is 353 g/mol. The molecule has 0 aromatic heterocycles. The average Bonchev–Trinajstić information content (AvgIpc) is 2.44. The fourth-order valence-electron chi connectivity index (χ4n) is 1.80. The minimum Gasteiger partial charge on any atom is -0.495 e. The number of benzene rings is 1. The van der Waals surface area contributed by atoms with E-state index in [9.17, 15) is 8.42 Å². The van der Waals surface area contributed by atoms with Gasteiger partial charge in [-0.15, -0.1) is 0 Å². The Hall–Kier alpha value is -0.470. The Kier molecular flexibility index (Phi) is 7.83. The number of rotatable bonds is 9. The molecule has 0 aliphatic heterocycles. The number of hydrogen-bond donors (Lipinski definition) is 2. The van der Waals surface area contributed by atoms with Crippen molar-refractivity contribution in [2.75, 3.05) is 32.2 Å². The summed E-state index contributed by atoms with van der Waals surface area (Å²) in [5.41, 5.74) is 0.720. The number of nitrogens with one attached hydrogen (secondary N) is 2. The Balaban J connectivity index is 3.18. The number of thioether (sulfide) groups is 1. The lowest BCUT2D eigenvalue weighted by Gasteiger charge is -2.15. The van der Waals surface area contributed by atoms with Gasteiger partial charge in [0.15, 0.2) is 0 Å². The molecule has 5 nitrogen and oxygen atoms in total. The molecule has 120 valence electrons. The van der Waals surface area contributed by atoms with Crippen molar-refractivity contribution in [3.8, 4) is 5.75 Å². The van der Waals surface area contributed by atoms with Crippen LogP contribution >= 0.6 is 23.4 Å². The van der Waals surface area contributed by atoms with Crippen LogP contribution in [0.25, 0.3) is 0 Å². The summed E-state index contributed by atoms with van der Waals surface area (Å²) in [6.45, 7) is 3.59. The second kappa shape index (κ2) is 8.85. The van der Waals surface area contributed by atoms with Crippen LogP contribution in [0.2, 0.25) is 5.02 Å². The maximum Gasteiger partial charge on any atom is 0.244 e. The van der Waals surface area contributed by atoms with E-state index >= 15 is 0 Å². The van der Waals surface area contributed by atoms with Gasteiger partial charge in [-0.2, -0.15) is 11.8 Å². The lowest BCUT2D eigenvalue weighted by Crippen LogP contribution is -2.27. The highest BCUT2D eigenvalue weighted by atomic mass is 35.5. The SMILES string of the molecule is CCNCc1cc(Cl)cc(S(=O)(=O)NCCSC)c1OC. The highest BCUT2D eigenvalue weighted by Crippen LogP contribution is 2.31. The zero-order valence-electron chi connectivity index (χ0n) is 12.4. The first kappa shape index (κ1) is 18.6. The molecule has 0 fully saturated rings. The smallest absolute Gasteiger partial charge is 0.244 e. The van der Waals surface area contributed by atoms with Gasteiger partial charge in [0, 0.05) is 29.4 Å². The third-order valence-corrected chi connectivity index (χ3v) is 5.05. The maximum atomic E-state index is 12.4. The number of ether oxygens (including phenoxy) is 1. The molecule has 0 amide bonds. The summed E-state index contributed by atoms with van der Waals surface area (Å²) in [4.78, 5) is 0.0755. The van der Waals surface area contributed by atoms with Crippen LogP contribution < -0.4 is 14.8 Å². The second-order valence-corrected chi connectivity index (χ2v) is 7.42. The summed E-state index contributed by atoms with van der Waals surface area (Å²) in [6.07, 6.45) is 1.92. The molecular formula is C13H21ClN2O3S2. The predicted molar refractivity (Wildman–Crippen MR) is 89.0 cm³/mol. The number of methoxy groups -OCH3 is 1. The Morgan fingerprint density at radius 3 is 2.67 bits per heavy atom. The summed E-state index contributed by atoms with van der Waals surface area (Å²) in [5, 5.41) is 3.51. The second-order valence-electron chi connectivity index (χ2n) is 4.27. The maximum absolute atomic E-state index is 12.4. The van der Waals surface area contributed by atoms with Crippen LogP contribution in [0.1, 0.15) is 12.5 Å². The monoisotopic (exact) mass is 352 g/mol. The molecule has 0 aliphatic carbocycles. The van der Waals surface area contributed by atoms with E-state index in [1.165, 1.54) is 13.2 Å². The topological polar surface area (TPSA) is 67.4 Å². The molecule has 2 N–H and O–H groups in total. The molecule has 0 saturated heterocycles. The molecule has 0 atom stereocenters. The highest BCUT2D eigenvalue weighted by molar-refractivity contribution is 7.98. The lowest BCUT2D eigenvalue weighted by atomic mass is 10.2. The standard InChI is InChI=1S/C13H21ClN2O3S2/c1-4-15-9-10-7-11(14)8-12(13(10)19-2)21(17,18)16-5-6-20-3/h7-8,15-16H,4-6,9H2,1-3H3. The van der Waals surface area contributed by atoms with Crippen LogP contribution in [0.4, 0.5) is 0 Å². The van der Waals surface area contributed by atoms with Crippen molar-refractivity contribution in [2.24, 2.45) is 0 Å². The molecule has 0 aliphatic rings. The van der Waals surface area contributed by atoms with E-state index in [0.29, 0.717) is 29.6 Å². The third kappa shape index (κ3) is 5.34. The molecular weight excluding hydrogens is 332 g/mol. The van der Waals surface area contributed by atoms with Crippen molar-refractivity contribution < 1.29 is 13.2 Å². The number of hydrogen-bond acceptors (Lipinski definition) is 5. The van der Waals surface area contributed by atoms with E-state index in [2.05, 4.69) is 10.0 Å². The van der Waals surface area contributed by atoms with Crippen LogP contribution in [-0.2, 0) is 16.6 Å². The molecule has 0 saturated carbocycles. The number of sulfonamides is 1. The molecule has 1 aromatic rings. The van der Waals surface area contributed by atoms with Crippen molar-refractivity contribution in [2.45, 2.75) is 18.4 Å². The molecule has 0 radical (unpaired) electrons. The Morgan fingerprint density at radius 1 is 1.38 bits per heavy atom. The normalized spacial score (nSPS) is 11.6. The van der Waals surface area contributed by atoms with Gasteiger partial charge in [0.05, 0.1) is 7.11 Å². The first-order valence-electron chi connectivity index (χ1n) is 6.52. The zero-order valence-corrected chi connectivity index (χ0v) is 14.8. The van der Waals surface area contributed by atoms with Crippen LogP contribution in [-0.4, -0.2) is 40.6 Å². The van der Waals surface area contributed by atoms with E-state index in [1.54, 1.807) is 17.8 Å². The van der Waals surface area contributed by atoms with E-state index in [0.717, 1.165) is 12.1 Å². The van der Waals surface area contributed by atoms with Gasteiger partial charge < -0.3 is 10.1 Å². The van der Waals surface area contributed by atoms with E-state index in [4.69, 9.17) is 16.3 Å². The molecule has 0 bridgehead atoms. The largest absolute Gasteiger partial charge is 0.495 e. The molecule has 1 rings (SSSR count). The Morgan fingerprint density at radius 2 is 2.10 bits per heavy atom. The van der Waals surface area contributed by atoms with E-state index in [-0.39, 0.29) is 4.90 Å². The molecule has 0 spiro atoms. The summed E-state index contributed by atoms with van der Waals surface area (Å²) in [6, 6.07) is 3.13. The quantitative estimate of drug-likeness (QED) is 0.666. The molecule has 1 aromatic carbocycles. The molecule has 8 heteroatoms. The van der Waals surface area contributed by atoms with Crippen LogP contribution in [0, 0.1) is 0 Å². The Labute approximate surface area is 135 Å². The summed E-state index contributed by atoms with van der Waals surface area (Å²) >= 11 is 7.62. The van der Waals surface area contributed by atoms with Gasteiger partial charge >= 0.3 is 0 Å². The van der Waals surface area contributed by atoms with Gasteiger partial charge in [0.1, 0.15) is 10.6 Å². The minimum atomic E-state index is -3.65. The highest BCUT2D eigenvalue weighted by Gasteiger charge is 2.22. The Bertz CT molecular complexity index is 565. The van der Waals surface area contributed by atoms with Crippen LogP contribution in [0.5, 0.6) is 5.75 Å². The van der Waals surface area contributed by atoms with Gasteiger partial charge in [-0.05, 0) is 24.9 Å². The summed E-state index contributed by atoms with van der Waals surface area (Å²) in [7, 11) is -2.19. The van der Waals surface area contributed by atoms with Crippen LogP contribution in [0.3, 0.4) is 0 Å². The summed E-state index contributed by atoms with van der Waals surface area (Å²) < 4.78 is 32.6. The first-order chi connectivity index (χ1) is 9.96. The first-order valence-corrected chi connectivity index (χ1v) is 9.77. The van der Waals surface area contributed by atoms with Crippen molar-refractivity contribution in [1.29, 1.82) is 0 Å². The van der Waals surface area contributed by atoms with Crippen molar-refractivity contribution in [3.05, 3.63) is 22.7 Å². The zero-order chi connectivity index (χ0) is 15.9. The van der Waals surface area contributed by atoms with Gasteiger partial charge in [-0.3, -0.25) is 0 Å². The van der Waals surface area contributed by atoms with E-state index < -0.39 is 10.0 Å². The number of halogens is 1. The lowest BCUT2D eigenvalue weighted by molar-refractivity contribution is 0.395. The fourth-order valence-corrected chi connectivity index (χ4v) is 3.81. The van der Waals surface area contributed by atoms with Crippen LogP contribution in [0.15, 0.2) is 17.0 Å². The van der Waals surface area contributed by atoms with Gasteiger partial charge in [0.2, 0.25) is 10.0 Å². The predicted octanol–water partition coefficient (Wildman–Crippen LogP) is 2.10. The van der Waals surface area contributed by atoms with Gasteiger partial charge in [-0.25, -0.2) is 13.1 Å². The third-order valence-electron chi connectivity index (χ3n) is 2.75. The van der Waals surface area contributed by atoms with Gasteiger partial charge in [-0.1, -0.05) is 18.5 Å².